The number of imidazole rings is 1. The van der Waals surface area contributed by atoms with E-state index in [4.69, 9.17) is 0 Å². The van der Waals surface area contributed by atoms with Crippen molar-refractivity contribution < 1.29 is 8.78 Å². The van der Waals surface area contributed by atoms with Gasteiger partial charge in [0.15, 0.2) is 0 Å². The lowest BCUT2D eigenvalue weighted by molar-refractivity contribution is -0.0302. The van der Waals surface area contributed by atoms with Gasteiger partial charge in [0.1, 0.15) is 17.9 Å². The summed E-state index contributed by atoms with van der Waals surface area (Å²) in [6.45, 7) is 2.04. The fourth-order valence-electron chi connectivity index (χ4n) is 4.19. The fraction of sp³-hybridized carbons (Fsp3) is 0.350. The van der Waals surface area contributed by atoms with Crippen LogP contribution in [0.25, 0.3) is 21.9 Å². The molecule has 0 bridgehead atoms. The van der Waals surface area contributed by atoms with Crippen LogP contribution < -0.4 is 0 Å². The maximum absolute atomic E-state index is 14.8. The van der Waals surface area contributed by atoms with Crippen molar-refractivity contribution in [2.24, 2.45) is 0 Å². The highest BCUT2D eigenvalue weighted by Crippen LogP contribution is 2.46. The molecule has 4 aromatic rings. The normalized spacial score (nSPS) is 18.5. The third kappa shape index (κ3) is 2.83. The number of rotatable bonds is 3. The predicted molar refractivity (Wildman–Crippen MR) is 101 cm³/mol. The van der Waals surface area contributed by atoms with Crippen molar-refractivity contribution in [2.45, 2.75) is 44.7 Å². The monoisotopic (exact) mass is 393 g/mol. The molecule has 29 heavy (non-hydrogen) atoms. The fourth-order valence-corrected chi connectivity index (χ4v) is 4.19. The molecule has 0 radical (unpaired) electrons. The van der Waals surface area contributed by atoms with Gasteiger partial charge in [-0.1, -0.05) is 5.21 Å². The maximum atomic E-state index is 14.8. The summed E-state index contributed by atoms with van der Waals surface area (Å²) in [4.78, 5) is 9.03. The zero-order valence-electron chi connectivity index (χ0n) is 15.7. The third-order valence-electron chi connectivity index (χ3n) is 5.46. The summed E-state index contributed by atoms with van der Waals surface area (Å²) >= 11 is 0. The summed E-state index contributed by atoms with van der Waals surface area (Å²) in [6, 6.07) is 6.21. The quantitative estimate of drug-likeness (QED) is 0.529. The minimum atomic E-state index is -2.83. The van der Waals surface area contributed by atoms with Crippen LogP contribution in [0.15, 0.2) is 30.6 Å². The van der Waals surface area contributed by atoms with Crippen LogP contribution in [-0.2, 0) is 6.54 Å². The SMILES string of the molecule is Cc1cn(Cc2nc3cnc4ccc(C#N)cc4c3n2C2CCCC2(F)F)nn1. The molecule has 0 aliphatic heterocycles. The maximum Gasteiger partial charge on any atom is 0.268 e. The number of nitrogens with zero attached hydrogens (tertiary/aromatic N) is 7. The van der Waals surface area contributed by atoms with E-state index >= 15 is 0 Å². The molecule has 1 aromatic carbocycles. The molecule has 9 heteroatoms. The number of benzene rings is 1. The average molecular weight is 393 g/mol. The lowest BCUT2D eigenvalue weighted by Gasteiger charge is -2.23. The molecule has 1 atom stereocenters. The molecule has 5 rings (SSSR count). The Morgan fingerprint density at radius 3 is 2.86 bits per heavy atom. The van der Waals surface area contributed by atoms with E-state index in [0.29, 0.717) is 46.2 Å². The van der Waals surface area contributed by atoms with Gasteiger partial charge in [-0.25, -0.2) is 18.4 Å². The first-order valence-corrected chi connectivity index (χ1v) is 9.40. The van der Waals surface area contributed by atoms with E-state index in [2.05, 4.69) is 26.3 Å². The van der Waals surface area contributed by atoms with Gasteiger partial charge < -0.3 is 4.57 Å². The molecule has 3 aromatic heterocycles. The second kappa shape index (κ2) is 6.30. The van der Waals surface area contributed by atoms with E-state index < -0.39 is 12.0 Å². The summed E-state index contributed by atoms with van der Waals surface area (Å²) in [5, 5.41) is 18.0. The topological polar surface area (TPSA) is 85.2 Å². The molecule has 1 saturated carbocycles. The van der Waals surface area contributed by atoms with Gasteiger partial charge in [0.05, 0.1) is 40.6 Å². The Hall–Kier alpha value is -3.41. The number of hydrogen-bond donors (Lipinski definition) is 0. The molecule has 1 unspecified atom stereocenters. The Balaban J connectivity index is 1.81. The van der Waals surface area contributed by atoms with E-state index in [-0.39, 0.29) is 13.0 Å². The van der Waals surface area contributed by atoms with Crippen molar-refractivity contribution in [2.75, 3.05) is 0 Å². The zero-order chi connectivity index (χ0) is 20.2. The Labute approximate surface area is 164 Å². The molecule has 7 nitrogen and oxygen atoms in total. The van der Waals surface area contributed by atoms with Crippen LogP contribution in [0.1, 0.15) is 42.4 Å². The third-order valence-corrected chi connectivity index (χ3v) is 5.46. The van der Waals surface area contributed by atoms with Gasteiger partial charge >= 0.3 is 0 Å². The molecule has 0 amide bonds. The lowest BCUT2D eigenvalue weighted by atomic mass is 10.1. The number of alkyl halides is 2. The van der Waals surface area contributed by atoms with E-state index in [1.165, 1.54) is 0 Å². The first-order chi connectivity index (χ1) is 14.0. The Bertz CT molecular complexity index is 1280. The van der Waals surface area contributed by atoms with E-state index in [0.717, 1.165) is 5.69 Å². The first-order valence-electron chi connectivity index (χ1n) is 9.40. The van der Waals surface area contributed by atoms with Gasteiger partial charge in [-0.3, -0.25) is 4.98 Å². The van der Waals surface area contributed by atoms with Crippen molar-refractivity contribution in [3.63, 3.8) is 0 Å². The highest BCUT2D eigenvalue weighted by molar-refractivity contribution is 6.02. The minimum absolute atomic E-state index is 0.147. The van der Waals surface area contributed by atoms with Crippen LogP contribution in [0.3, 0.4) is 0 Å². The Kier molecular flexibility index (Phi) is 3.84. The van der Waals surface area contributed by atoms with Crippen LogP contribution in [0.5, 0.6) is 0 Å². The molecule has 1 fully saturated rings. The summed E-state index contributed by atoms with van der Waals surface area (Å²) in [5.74, 6) is -2.35. The number of hydrogen-bond acceptors (Lipinski definition) is 5. The second-order valence-corrected chi connectivity index (χ2v) is 7.46. The van der Waals surface area contributed by atoms with Crippen LogP contribution in [-0.4, -0.2) is 35.5 Å². The molecule has 1 aliphatic carbocycles. The Morgan fingerprint density at radius 1 is 1.31 bits per heavy atom. The smallest absolute Gasteiger partial charge is 0.268 e. The summed E-state index contributed by atoms with van der Waals surface area (Å²) in [7, 11) is 0. The molecule has 0 N–H and O–H groups in total. The van der Waals surface area contributed by atoms with Crippen molar-refractivity contribution in [1.82, 2.24) is 29.5 Å². The largest absolute Gasteiger partial charge is 0.317 e. The van der Waals surface area contributed by atoms with E-state index in [1.807, 2.05) is 6.92 Å². The highest BCUT2D eigenvalue weighted by atomic mass is 19.3. The van der Waals surface area contributed by atoms with Crippen molar-refractivity contribution in [3.05, 3.63) is 47.7 Å². The van der Waals surface area contributed by atoms with Gasteiger partial charge in [0.2, 0.25) is 0 Å². The first kappa shape index (κ1) is 17.7. The summed E-state index contributed by atoms with van der Waals surface area (Å²) in [5.41, 5.74) is 2.95. The van der Waals surface area contributed by atoms with Gasteiger partial charge in [-0.15, -0.1) is 5.10 Å². The van der Waals surface area contributed by atoms with Crippen LogP contribution in [0.4, 0.5) is 8.78 Å². The molecule has 1 aliphatic rings. The number of aromatic nitrogens is 6. The van der Waals surface area contributed by atoms with Gasteiger partial charge in [-0.2, -0.15) is 5.26 Å². The molecular formula is C20H17F2N7. The Morgan fingerprint density at radius 2 is 2.17 bits per heavy atom. The summed E-state index contributed by atoms with van der Waals surface area (Å²) in [6.07, 6.45) is 4.02. The predicted octanol–water partition coefficient (Wildman–Crippen LogP) is 3.76. The van der Waals surface area contributed by atoms with Crippen LogP contribution in [0, 0.1) is 18.3 Å². The molecule has 0 spiro atoms. The standard InChI is InChI=1S/C20H17F2N7/c1-12-10-28(27-26-12)11-18-25-16-9-24-15-5-4-13(8-23)7-14(15)19(16)29(18)17-3-2-6-20(17,21)22/h4-5,7,9-10,17H,2-3,6,11H2,1H3. The zero-order valence-corrected chi connectivity index (χ0v) is 15.7. The molecule has 0 saturated heterocycles. The van der Waals surface area contributed by atoms with Crippen molar-refractivity contribution in [3.8, 4) is 6.07 Å². The highest BCUT2D eigenvalue weighted by Gasteiger charge is 2.46. The number of aryl methyl sites for hydroxylation is 1. The van der Waals surface area contributed by atoms with E-state index in [1.54, 1.807) is 39.8 Å². The van der Waals surface area contributed by atoms with Crippen molar-refractivity contribution in [1.29, 1.82) is 5.26 Å². The second-order valence-electron chi connectivity index (χ2n) is 7.46. The number of nitriles is 1. The number of fused-ring (bicyclic) bond motifs is 3. The number of pyridine rings is 1. The van der Waals surface area contributed by atoms with Gasteiger partial charge in [-0.05, 0) is 38.0 Å². The lowest BCUT2D eigenvalue weighted by Crippen LogP contribution is -2.27. The van der Waals surface area contributed by atoms with Gasteiger partial charge in [0, 0.05) is 18.0 Å². The minimum Gasteiger partial charge on any atom is -0.317 e. The van der Waals surface area contributed by atoms with Crippen LogP contribution >= 0.6 is 0 Å². The number of halogens is 2. The van der Waals surface area contributed by atoms with Crippen molar-refractivity contribution >= 4 is 21.9 Å². The molecular weight excluding hydrogens is 376 g/mol. The van der Waals surface area contributed by atoms with Gasteiger partial charge in [0.25, 0.3) is 5.92 Å². The summed E-state index contributed by atoms with van der Waals surface area (Å²) < 4.78 is 32.9. The molecule has 146 valence electrons. The molecule has 3 heterocycles. The average Bonchev–Trinajstić information content (AvgIpc) is 3.37. The van der Waals surface area contributed by atoms with E-state index in [9.17, 15) is 14.0 Å². The van der Waals surface area contributed by atoms with Crippen LogP contribution in [0.2, 0.25) is 0 Å².